The number of aromatic nitrogens is 6. The van der Waals surface area contributed by atoms with E-state index in [1.54, 1.807) is 48.4 Å². The maximum absolute atomic E-state index is 13.6. The number of carbonyl (C=O) groups excluding carboxylic acids is 3. The van der Waals surface area contributed by atoms with Crippen LogP contribution >= 0.6 is 22.7 Å². The highest BCUT2D eigenvalue weighted by molar-refractivity contribution is 7.24. The Hall–Kier alpha value is -4.92. The molecular weight excluding hydrogens is 729 g/mol. The quantitative estimate of drug-likeness (QED) is 0.131. The van der Waals surface area contributed by atoms with Crippen LogP contribution < -0.4 is 10.6 Å². The lowest BCUT2D eigenvalue weighted by atomic mass is 10.1. The van der Waals surface area contributed by atoms with Crippen molar-refractivity contribution >= 4 is 46.7 Å². The summed E-state index contributed by atoms with van der Waals surface area (Å²) in [5.74, 6) is 0.608. The molecule has 2 aliphatic rings. The van der Waals surface area contributed by atoms with Gasteiger partial charge in [-0.15, -0.1) is 22.7 Å². The van der Waals surface area contributed by atoms with Crippen LogP contribution in [0.4, 0.5) is 9.59 Å². The fraction of sp³-hybridized carbons (Fsp3) is 0.515. The number of rotatable bonds is 13. The van der Waals surface area contributed by atoms with Gasteiger partial charge in [-0.2, -0.15) is 0 Å². The fourth-order valence-corrected chi connectivity index (χ4v) is 8.39. The largest absolute Gasteiger partial charge is 0.465 e. The van der Waals surface area contributed by atoms with Gasteiger partial charge in [0.2, 0.25) is 11.8 Å². The Labute approximate surface area is 312 Å². The summed E-state index contributed by atoms with van der Waals surface area (Å²) in [6, 6.07) is -2.61. The molecule has 2 aliphatic heterocycles. The van der Waals surface area contributed by atoms with E-state index in [0.717, 1.165) is 34.0 Å². The standard InChI is InChI=1S/C33H42N10O8S2/c1-16(49-3)24(40-32(46)47)30(44)42-10-6-8-20(42)26-34-12-18(38-26)22-14-36-28(52-22)29-37-15-23(53-29)19-13-35-27(39-19)21-9-7-11-43(21)31(45)25(17(2)50-4)41-33(48)51-5/h12-17,20-21,24-25,40H,6-11H2,1-5H3,(H,34,38)(H,35,39)(H,41,48)(H,46,47)/t16-,17?,20+,21+,24+,25+/m1/s1. The Balaban J connectivity index is 1.14. The summed E-state index contributed by atoms with van der Waals surface area (Å²) < 4.78 is 15.4. The maximum Gasteiger partial charge on any atom is 0.407 e. The zero-order chi connectivity index (χ0) is 37.8. The first-order chi connectivity index (χ1) is 25.5. The number of carboxylic acid groups (broad SMARTS) is 1. The average molecular weight is 771 g/mol. The van der Waals surface area contributed by atoms with E-state index in [9.17, 15) is 24.3 Å². The minimum atomic E-state index is -1.30. The monoisotopic (exact) mass is 770 g/mol. The molecule has 6 rings (SSSR count). The van der Waals surface area contributed by atoms with E-state index in [4.69, 9.17) is 14.2 Å². The summed E-state index contributed by atoms with van der Waals surface area (Å²) in [5, 5.41) is 15.6. The molecule has 0 radical (unpaired) electrons. The number of thiazole rings is 2. The first-order valence-electron chi connectivity index (χ1n) is 17.1. The van der Waals surface area contributed by atoms with Crippen molar-refractivity contribution < 1.29 is 38.5 Å². The molecule has 4 aromatic rings. The topological polar surface area (TPSA) is 230 Å². The van der Waals surface area contributed by atoms with E-state index in [1.807, 2.05) is 0 Å². The van der Waals surface area contributed by atoms with E-state index in [2.05, 4.69) is 40.5 Å². The second-order valence-electron chi connectivity index (χ2n) is 12.7. The second kappa shape index (κ2) is 16.4. The van der Waals surface area contributed by atoms with E-state index in [0.29, 0.717) is 47.6 Å². The number of nitrogens with zero attached hydrogens (tertiary/aromatic N) is 6. The van der Waals surface area contributed by atoms with Crippen LogP contribution in [0.15, 0.2) is 24.8 Å². The van der Waals surface area contributed by atoms with Crippen molar-refractivity contribution in [1.29, 1.82) is 0 Å². The number of likely N-dealkylation sites (tertiary alicyclic amines) is 2. The first-order valence-corrected chi connectivity index (χ1v) is 18.7. The summed E-state index contributed by atoms with van der Waals surface area (Å²) in [5.41, 5.74) is 1.49. The van der Waals surface area contributed by atoms with Gasteiger partial charge in [-0.1, -0.05) is 0 Å². The first kappa shape index (κ1) is 37.8. The van der Waals surface area contributed by atoms with Crippen molar-refractivity contribution in [3.05, 3.63) is 36.4 Å². The highest BCUT2D eigenvalue weighted by Gasteiger charge is 2.40. The maximum atomic E-state index is 13.6. The van der Waals surface area contributed by atoms with Crippen molar-refractivity contribution in [3.63, 3.8) is 0 Å². The van der Waals surface area contributed by atoms with Gasteiger partial charge in [-0.25, -0.2) is 29.5 Å². The van der Waals surface area contributed by atoms with E-state index >= 15 is 0 Å². The predicted octanol–water partition coefficient (Wildman–Crippen LogP) is 3.80. The predicted molar refractivity (Wildman–Crippen MR) is 193 cm³/mol. The fourth-order valence-electron chi connectivity index (χ4n) is 6.60. The lowest BCUT2D eigenvalue weighted by Gasteiger charge is -2.30. The molecule has 5 N–H and O–H groups in total. The molecule has 0 bridgehead atoms. The molecule has 1 unspecified atom stereocenters. The Morgan fingerprint density at radius 1 is 0.755 bits per heavy atom. The summed E-state index contributed by atoms with van der Waals surface area (Å²) in [6.07, 6.45) is 6.61. The molecule has 2 saturated heterocycles. The molecule has 0 aromatic carbocycles. The molecule has 18 nitrogen and oxygen atoms in total. The Morgan fingerprint density at radius 3 is 1.62 bits per heavy atom. The van der Waals surface area contributed by atoms with Gasteiger partial charge >= 0.3 is 12.2 Å². The molecule has 6 heterocycles. The van der Waals surface area contributed by atoms with Crippen LogP contribution in [0, 0.1) is 0 Å². The van der Waals surface area contributed by atoms with Crippen LogP contribution in [0.2, 0.25) is 0 Å². The van der Waals surface area contributed by atoms with Crippen molar-refractivity contribution in [2.75, 3.05) is 34.4 Å². The zero-order valence-electron chi connectivity index (χ0n) is 29.8. The Morgan fingerprint density at radius 2 is 1.21 bits per heavy atom. The van der Waals surface area contributed by atoms with Gasteiger partial charge in [0.15, 0.2) is 10.0 Å². The Kier molecular flexibility index (Phi) is 11.7. The van der Waals surface area contributed by atoms with Crippen LogP contribution in [0.3, 0.4) is 0 Å². The third-order valence-electron chi connectivity index (χ3n) is 9.57. The molecule has 6 atom stereocenters. The highest BCUT2D eigenvalue weighted by atomic mass is 32.1. The average Bonchev–Trinajstić information content (AvgIpc) is 3.99. The second-order valence-corrected chi connectivity index (χ2v) is 14.8. The molecule has 20 heteroatoms. The molecule has 53 heavy (non-hydrogen) atoms. The smallest absolute Gasteiger partial charge is 0.407 e. The number of alkyl carbamates (subject to hydrolysis) is 1. The van der Waals surface area contributed by atoms with Crippen LogP contribution in [-0.4, -0.2) is 128 Å². The number of aromatic amines is 2. The van der Waals surface area contributed by atoms with Crippen LogP contribution in [0.1, 0.15) is 63.3 Å². The summed E-state index contributed by atoms with van der Waals surface area (Å²) in [4.78, 5) is 80.6. The third kappa shape index (κ3) is 8.04. The number of carbonyl (C=O) groups is 4. The minimum Gasteiger partial charge on any atom is -0.465 e. The van der Waals surface area contributed by atoms with Crippen molar-refractivity contribution in [2.45, 2.75) is 75.9 Å². The number of ether oxygens (including phenoxy) is 3. The van der Waals surface area contributed by atoms with E-state index < -0.39 is 36.5 Å². The van der Waals surface area contributed by atoms with Gasteiger partial charge in [0.1, 0.15) is 23.7 Å². The van der Waals surface area contributed by atoms with Crippen molar-refractivity contribution in [3.8, 4) is 31.2 Å². The van der Waals surface area contributed by atoms with Gasteiger partial charge in [-0.05, 0) is 39.5 Å². The molecule has 0 aliphatic carbocycles. The highest BCUT2D eigenvalue weighted by Crippen LogP contribution is 2.39. The van der Waals surface area contributed by atoms with Crippen LogP contribution in [0.5, 0.6) is 0 Å². The van der Waals surface area contributed by atoms with Gasteiger partial charge in [-0.3, -0.25) is 9.59 Å². The number of H-pyrrole nitrogens is 2. The van der Waals surface area contributed by atoms with Crippen LogP contribution in [-0.2, 0) is 23.8 Å². The SMILES string of the molecule is COC(=O)N[C@H](C(=O)N1CCC[C@H]1c1ncc(-c2cnc(-c3ncc(-c4cnc([C@@H]5CCCN5C(=O)[C@@H](NC(=O)O)[C@@H](C)OC)[nH]4)s3)s2)[nH]1)C(C)OC. The molecule has 4 amide bonds. The number of nitrogens with one attached hydrogen (secondary N) is 4. The normalized spacial score (nSPS) is 19.5. The third-order valence-corrected chi connectivity index (χ3v) is 11.8. The van der Waals surface area contributed by atoms with Gasteiger partial charge in [0.25, 0.3) is 0 Å². The summed E-state index contributed by atoms with van der Waals surface area (Å²) in [6.45, 7) is 4.35. The minimum absolute atomic E-state index is 0.276. The lowest BCUT2D eigenvalue weighted by molar-refractivity contribution is -0.138. The number of amides is 4. The Bertz CT molecular complexity index is 1930. The molecule has 4 aromatic heterocycles. The van der Waals surface area contributed by atoms with Gasteiger partial charge < -0.3 is 49.7 Å². The number of imidazole rings is 2. The number of hydrogen-bond donors (Lipinski definition) is 5. The molecule has 2 fully saturated rings. The van der Waals surface area contributed by atoms with E-state index in [-0.39, 0.29) is 23.9 Å². The summed E-state index contributed by atoms with van der Waals surface area (Å²) in [7, 11) is 4.16. The zero-order valence-corrected chi connectivity index (χ0v) is 31.5. The summed E-state index contributed by atoms with van der Waals surface area (Å²) >= 11 is 2.90. The van der Waals surface area contributed by atoms with E-state index in [1.165, 1.54) is 44.0 Å². The lowest BCUT2D eigenvalue weighted by Crippen LogP contribution is -2.54. The van der Waals surface area contributed by atoms with Crippen LogP contribution in [0.25, 0.3) is 31.2 Å². The number of hydrogen-bond acceptors (Lipinski definition) is 13. The van der Waals surface area contributed by atoms with Crippen molar-refractivity contribution in [2.24, 2.45) is 0 Å². The molecule has 0 spiro atoms. The molecular formula is C33H42N10O8S2. The van der Waals surface area contributed by atoms with Crippen molar-refractivity contribution in [1.82, 2.24) is 50.3 Å². The van der Waals surface area contributed by atoms with Gasteiger partial charge in [0, 0.05) is 39.7 Å². The molecule has 0 saturated carbocycles. The van der Waals surface area contributed by atoms with Gasteiger partial charge in [0.05, 0.1) is 64.9 Å². The number of methoxy groups -OCH3 is 3. The molecule has 284 valence electrons.